The van der Waals surface area contributed by atoms with E-state index in [1.807, 2.05) is 24.3 Å². The average Bonchev–Trinajstić information content (AvgIpc) is 2.92. The van der Waals surface area contributed by atoms with E-state index in [0.717, 1.165) is 24.1 Å². The normalized spacial score (nSPS) is 15.7. The number of benzene rings is 1. The lowest BCUT2D eigenvalue weighted by atomic mass is 10.1. The zero-order valence-electron chi connectivity index (χ0n) is 14.2. The Kier molecular flexibility index (Phi) is 6.82. The first-order valence-corrected chi connectivity index (χ1v) is 10.3. The van der Waals surface area contributed by atoms with Gasteiger partial charge in [-0.1, -0.05) is 37.3 Å². The summed E-state index contributed by atoms with van der Waals surface area (Å²) < 4.78 is 5.52. The van der Waals surface area contributed by atoms with E-state index in [-0.39, 0.29) is 5.91 Å². The summed E-state index contributed by atoms with van der Waals surface area (Å²) >= 11 is 7.45. The van der Waals surface area contributed by atoms with E-state index in [0.29, 0.717) is 28.5 Å². The monoisotopic (exact) mass is 378 g/mol. The first-order chi connectivity index (χ1) is 12.2. The molecule has 1 aliphatic rings. The van der Waals surface area contributed by atoms with E-state index in [1.54, 1.807) is 18.0 Å². The number of thioether (sulfide) groups is 1. The third-order valence-electron chi connectivity index (χ3n) is 4.35. The Balaban J connectivity index is 1.43. The SMILES string of the molecule is O=C(CSCc1coc(-c2ccc(Cl)cc2)n1)NC1CCCCCC1. The van der Waals surface area contributed by atoms with Gasteiger partial charge in [-0.2, -0.15) is 0 Å². The molecule has 1 saturated carbocycles. The Bertz CT molecular complexity index is 679. The molecule has 0 atom stereocenters. The number of aromatic nitrogens is 1. The van der Waals surface area contributed by atoms with Crippen LogP contribution in [0.5, 0.6) is 0 Å². The molecular weight excluding hydrogens is 356 g/mol. The molecule has 1 aromatic heterocycles. The lowest BCUT2D eigenvalue weighted by Crippen LogP contribution is -2.35. The summed E-state index contributed by atoms with van der Waals surface area (Å²) in [7, 11) is 0. The van der Waals surface area contributed by atoms with Crippen molar-refractivity contribution in [2.75, 3.05) is 5.75 Å². The van der Waals surface area contributed by atoms with Crippen molar-refractivity contribution in [1.82, 2.24) is 10.3 Å². The predicted octanol–water partition coefficient (Wildman–Crippen LogP) is 5.07. The highest BCUT2D eigenvalue weighted by Gasteiger charge is 2.15. The minimum Gasteiger partial charge on any atom is -0.444 e. The van der Waals surface area contributed by atoms with E-state index in [9.17, 15) is 4.79 Å². The molecule has 25 heavy (non-hydrogen) atoms. The number of nitrogens with zero attached hydrogens (tertiary/aromatic N) is 1. The van der Waals surface area contributed by atoms with Crippen molar-refractivity contribution in [2.45, 2.75) is 50.3 Å². The van der Waals surface area contributed by atoms with Gasteiger partial charge in [0.25, 0.3) is 0 Å². The fourth-order valence-electron chi connectivity index (χ4n) is 3.04. The minimum absolute atomic E-state index is 0.123. The number of halogens is 1. The van der Waals surface area contributed by atoms with Gasteiger partial charge in [0.1, 0.15) is 6.26 Å². The van der Waals surface area contributed by atoms with Gasteiger partial charge in [-0.05, 0) is 37.1 Å². The topological polar surface area (TPSA) is 55.1 Å². The van der Waals surface area contributed by atoms with Crippen molar-refractivity contribution in [2.24, 2.45) is 0 Å². The second kappa shape index (κ2) is 9.30. The largest absolute Gasteiger partial charge is 0.444 e. The average molecular weight is 379 g/mol. The standard InChI is InChI=1S/C19H23ClN2O2S/c20-15-9-7-14(8-10-15)19-22-17(11-24-19)12-25-13-18(23)21-16-5-3-1-2-4-6-16/h7-11,16H,1-6,12-13H2,(H,21,23). The van der Waals surface area contributed by atoms with Gasteiger partial charge >= 0.3 is 0 Å². The van der Waals surface area contributed by atoms with Gasteiger partial charge in [0.2, 0.25) is 11.8 Å². The van der Waals surface area contributed by atoms with Crippen LogP contribution < -0.4 is 5.32 Å². The van der Waals surface area contributed by atoms with Crippen molar-refractivity contribution in [3.8, 4) is 11.5 Å². The number of carbonyl (C=O) groups excluding carboxylic acids is 1. The molecule has 6 heteroatoms. The Morgan fingerprint density at radius 1 is 1.20 bits per heavy atom. The Labute approximate surface area is 157 Å². The highest BCUT2D eigenvalue weighted by molar-refractivity contribution is 7.99. The highest BCUT2D eigenvalue weighted by atomic mass is 35.5. The molecule has 2 aromatic rings. The van der Waals surface area contributed by atoms with Crippen LogP contribution in [0.4, 0.5) is 0 Å². The van der Waals surface area contributed by atoms with E-state index < -0.39 is 0 Å². The van der Waals surface area contributed by atoms with Crippen molar-refractivity contribution in [3.63, 3.8) is 0 Å². The van der Waals surface area contributed by atoms with E-state index >= 15 is 0 Å². The molecule has 0 radical (unpaired) electrons. The van der Waals surface area contributed by atoms with Crippen LogP contribution in [0.2, 0.25) is 5.02 Å². The fourth-order valence-corrected chi connectivity index (χ4v) is 3.88. The summed E-state index contributed by atoms with van der Waals surface area (Å²) in [6, 6.07) is 7.75. The molecule has 0 aliphatic heterocycles. The Morgan fingerprint density at radius 2 is 1.92 bits per heavy atom. The van der Waals surface area contributed by atoms with Gasteiger partial charge in [0.15, 0.2) is 0 Å². The first-order valence-electron chi connectivity index (χ1n) is 8.78. The smallest absolute Gasteiger partial charge is 0.230 e. The maximum absolute atomic E-state index is 12.1. The molecule has 0 saturated heterocycles. The second-order valence-corrected chi connectivity index (χ2v) is 7.82. The van der Waals surface area contributed by atoms with Crippen LogP contribution in [0.1, 0.15) is 44.2 Å². The van der Waals surface area contributed by atoms with Gasteiger partial charge < -0.3 is 9.73 Å². The Morgan fingerprint density at radius 3 is 2.64 bits per heavy atom. The number of oxazole rings is 1. The molecular formula is C19H23ClN2O2S. The molecule has 0 spiro atoms. The van der Waals surface area contributed by atoms with Crippen LogP contribution in [-0.4, -0.2) is 22.7 Å². The molecule has 1 amide bonds. The quantitative estimate of drug-likeness (QED) is 0.713. The number of rotatable bonds is 6. The molecule has 3 rings (SSSR count). The van der Waals surface area contributed by atoms with Gasteiger partial charge in [0.05, 0.1) is 11.4 Å². The summed E-state index contributed by atoms with van der Waals surface area (Å²) in [5.74, 6) is 1.82. The van der Waals surface area contributed by atoms with Crippen molar-refractivity contribution in [1.29, 1.82) is 0 Å². The minimum atomic E-state index is 0.123. The summed E-state index contributed by atoms with van der Waals surface area (Å²) in [6.07, 6.45) is 8.93. The van der Waals surface area contributed by atoms with Gasteiger partial charge in [-0.3, -0.25) is 4.79 Å². The number of carbonyl (C=O) groups is 1. The zero-order chi connectivity index (χ0) is 17.5. The maximum atomic E-state index is 12.1. The van der Waals surface area contributed by atoms with Crippen molar-refractivity contribution in [3.05, 3.63) is 41.2 Å². The highest BCUT2D eigenvalue weighted by Crippen LogP contribution is 2.22. The molecule has 0 unspecified atom stereocenters. The third kappa shape index (κ3) is 5.79. The first kappa shape index (κ1) is 18.3. The van der Waals surface area contributed by atoms with Crippen LogP contribution >= 0.6 is 23.4 Å². The number of nitrogens with one attached hydrogen (secondary N) is 1. The Hall–Kier alpha value is -1.46. The number of amides is 1. The summed E-state index contributed by atoms with van der Waals surface area (Å²) in [4.78, 5) is 16.6. The molecule has 1 fully saturated rings. The summed E-state index contributed by atoms with van der Waals surface area (Å²) in [5.41, 5.74) is 1.74. The number of hydrogen-bond acceptors (Lipinski definition) is 4. The van der Waals surface area contributed by atoms with Gasteiger partial charge in [-0.25, -0.2) is 4.98 Å². The van der Waals surface area contributed by atoms with Crippen LogP contribution in [0.25, 0.3) is 11.5 Å². The summed E-state index contributed by atoms with van der Waals surface area (Å²) in [5, 5.41) is 3.85. The number of hydrogen-bond donors (Lipinski definition) is 1. The van der Waals surface area contributed by atoms with E-state index in [1.165, 1.54) is 25.7 Å². The molecule has 0 bridgehead atoms. The van der Waals surface area contributed by atoms with E-state index in [4.69, 9.17) is 16.0 Å². The molecule has 1 aromatic carbocycles. The van der Waals surface area contributed by atoms with Crippen LogP contribution in [0.3, 0.4) is 0 Å². The van der Waals surface area contributed by atoms with E-state index in [2.05, 4.69) is 10.3 Å². The third-order valence-corrected chi connectivity index (χ3v) is 5.56. The maximum Gasteiger partial charge on any atom is 0.230 e. The van der Waals surface area contributed by atoms with Crippen LogP contribution in [-0.2, 0) is 10.5 Å². The predicted molar refractivity (Wildman–Crippen MR) is 103 cm³/mol. The lowest BCUT2D eigenvalue weighted by molar-refractivity contribution is -0.119. The molecule has 1 N–H and O–H groups in total. The zero-order valence-corrected chi connectivity index (χ0v) is 15.7. The summed E-state index contributed by atoms with van der Waals surface area (Å²) in [6.45, 7) is 0. The van der Waals surface area contributed by atoms with Gasteiger partial charge in [-0.15, -0.1) is 11.8 Å². The lowest BCUT2D eigenvalue weighted by Gasteiger charge is -2.15. The molecule has 134 valence electrons. The fraction of sp³-hybridized carbons (Fsp3) is 0.474. The second-order valence-electron chi connectivity index (χ2n) is 6.40. The van der Waals surface area contributed by atoms with Crippen molar-refractivity contribution < 1.29 is 9.21 Å². The van der Waals surface area contributed by atoms with Gasteiger partial charge in [0, 0.05) is 22.4 Å². The molecule has 1 aliphatic carbocycles. The molecule has 4 nitrogen and oxygen atoms in total. The molecule has 1 heterocycles. The van der Waals surface area contributed by atoms with Crippen molar-refractivity contribution >= 4 is 29.3 Å². The van der Waals surface area contributed by atoms with Crippen LogP contribution in [0, 0.1) is 0 Å². The van der Waals surface area contributed by atoms with Crippen LogP contribution in [0.15, 0.2) is 34.9 Å².